The summed E-state index contributed by atoms with van der Waals surface area (Å²) in [6, 6.07) is 0. The summed E-state index contributed by atoms with van der Waals surface area (Å²) in [7, 11) is 0. The summed E-state index contributed by atoms with van der Waals surface area (Å²) >= 11 is -1.07. The van der Waals surface area contributed by atoms with Crippen molar-refractivity contribution in [2.75, 3.05) is 6.26 Å². The normalized spacial score (nSPS) is 35.1. The first-order chi connectivity index (χ1) is 5.18. The molecule has 0 saturated heterocycles. The Morgan fingerprint density at radius 3 is 2.27 bits per heavy atom. The molecule has 2 nitrogen and oxygen atoms in total. The monoisotopic (exact) mass is 176 g/mol. The van der Waals surface area contributed by atoms with E-state index < -0.39 is 11.1 Å². The topological polar surface area (TPSA) is 26.3 Å². The molecule has 1 fully saturated rings. The molecule has 0 aliphatic heterocycles. The molecule has 0 aromatic heterocycles. The van der Waals surface area contributed by atoms with Crippen LogP contribution in [0, 0.1) is 5.92 Å². The second-order valence-corrected chi connectivity index (χ2v) is 4.37. The van der Waals surface area contributed by atoms with Gasteiger partial charge in [0.2, 0.25) is 0 Å². The molecular weight excluding hydrogens is 160 g/mol. The SMILES string of the molecule is CC1CCC(OS(C)=O)CC1. The van der Waals surface area contributed by atoms with E-state index >= 15 is 0 Å². The zero-order chi connectivity index (χ0) is 8.27. The van der Waals surface area contributed by atoms with Crippen molar-refractivity contribution in [3.05, 3.63) is 0 Å². The average Bonchev–Trinajstić information content (AvgIpc) is 1.93. The lowest BCUT2D eigenvalue weighted by Crippen LogP contribution is -2.20. The Balaban J connectivity index is 2.22. The van der Waals surface area contributed by atoms with E-state index in [-0.39, 0.29) is 6.10 Å². The predicted molar refractivity (Wildman–Crippen MR) is 46.6 cm³/mol. The van der Waals surface area contributed by atoms with Gasteiger partial charge in [-0.1, -0.05) is 6.92 Å². The molecule has 0 radical (unpaired) electrons. The van der Waals surface area contributed by atoms with Crippen LogP contribution in [0.2, 0.25) is 0 Å². The first kappa shape index (κ1) is 9.20. The fourth-order valence-corrected chi connectivity index (χ4v) is 2.09. The third-order valence-electron chi connectivity index (χ3n) is 2.23. The largest absolute Gasteiger partial charge is 0.287 e. The summed E-state index contributed by atoms with van der Waals surface area (Å²) in [6.45, 7) is 2.26. The Labute approximate surface area is 71.0 Å². The summed E-state index contributed by atoms with van der Waals surface area (Å²) in [5.41, 5.74) is 0. The van der Waals surface area contributed by atoms with E-state index in [1.54, 1.807) is 6.26 Å². The van der Waals surface area contributed by atoms with E-state index in [4.69, 9.17) is 4.18 Å². The van der Waals surface area contributed by atoms with Crippen molar-refractivity contribution in [3.63, 3.8) is 0 Å². The van der Waals surface area contributed by atoms with Gasteiger partial charge in [-0.05, 0) is 31.6 Å². The van der Waals surface area contributed by atoms with Gasteiger partial charge in [-0.2, -0.15) is 0 Å². The molecule has 1 aliphatic carbocycles. The van der Waals surface area contributed by atoms with Crippen molar-refractivity contribution in [3.8, 4) is 0 Å². The van der Waals surface area contributed by atoms with Crippen LogP contribution in [-0.4, -0.2) is 16.6 Å². The zero-order valence-electron chi connectivity index (χ0n) is 7.21. The summed E-state index contributed by atoms with van der Waals surface area (Å²) in [5.74, 6) is 0.833. The average molecular weight is 176 g/mol. The quantitative estimate of drug-likeness (QED) is 0.642. The molecule has 1 unspecified atom stereocenters. The highest BCUT2D eigenvalue weighted by Gasteiger charge is 2.19. The molecule has 0 aromatic carbocycles. The second kappa shape index (κ2) is 4.21. The molecule has 1 atom stereocenters. The summed E-state index contributed by atoms with van der Waals surface area (Å²) < 4.78 is 15.9. The van der Waals surface area contributed by atoms with E-state index in [0.29, 0.717) is 0 Å². The molecule has 3 heteroatoms. The van der Waals surface area contributed by atoms with Gasteiger partial charge in [-0.25, -0.2) is 4.21 Å². The van der Waals surface area contributed by atoms with Gasteiger partial charge in [0.25, 0.3) is 0 Å². The Morgan fingerprint density at radius 1 is 1.27 bits per heavy atom. The van der Waals surface area contributed by atoms with Crippen LogP contribution in [-0.2, 0) is 15.3 Å². The van der Waals surface area contributed by atoms with E-state index in [1.807, 2.05) is 0 Å². The molecule has 0 bridgehead atoms. The van der Waals surface area contributed by atoms with Crippen LogP contribution in [0.4, 0.5) is 0 Å². The zero-order valence-corrected chi connectivity index (χ0v) is 8.02. The molecule has 0 spiro atoms. The van der Waals surface area contributed by atoms with Gasteiger partial charge < -0.3 is 0 Å². The smallest absolute Gasteiger partial charge is 0.152 e. The van der Waals surface area contributed by atoms with Crippen molar-refractivity contribution in [1.82, 2.24) is 0 Å². The molecule has 0 heterocycles. The molecule has 1 saturated carbocycles. The Kier molecular flexibility index (Phi) is 3.52. The lowest BCUT2D eigenvalue weighted by Gasteiger charge is -2.24. The number of hydrogen-bond acceptors (Lipinski definition) is 2. The standard InChI is InChI=1S/C8H16O2S/c1-7-3-5-8(6-4-7)10-11(2)9/h7-8H,3-6H2,1-2H3. The van der Waals surface area contributed by atoms with Gasteiger partial charge in [0.1, 0.15) is 0 Å². The minimum absolute atomic E-state index is 0.261. The van der Waals surface area contributed by atoms with Crippen molar-refractivity contribution in [2.24, 2.45) is 5.92 Å². The van der Waals surface area contributed by atoms with Gasteiger partial charge in [0.15, 0.2) is 11.1 Å². The summed E-state index contributed by atoms with van der Waals surface area (Å²) in [5, 5.41) is 0. The van der Waals surface area contributed by atoms with Crippen molar-refractivity contribution in [1.29, 1.82) is 0 Å². The molecule has 11 heavy (non-hydrogen) atoms. The van der Waals surface area contributed by atoms with Crippen LogP contribution in [0.1, 0.15) is 32.6 Å². The molecule has 0 N–H and O–H groups in total. The first-order valence-corrected chi connectivity index (χ1v) is 5.67. The van der Waals surface area contributed by atoms with E-state index in [2.05, 4.69) is 6.92 Å². The fraction of sp³-hybridized carbons (Fsp3) is 1.00. The fourth-order valence-electron chi connectivity index (χ4n) is 1.52. The second-order valence-electron chi connectivity index (χ2n) is 3.38. The minimum atomic E-state index is -1.07. The highest BCUT2D eigenvalue weighted by molar-refractivity contribution is 7.79. The van der Waals surface area contributed by atoms with Gasteiger partial charge >= 0.3 is 0 Å². The van der Waals surface area contributed by atoms with Gasteiger partial charge in [-0.3, -0.25) is 4.18 Å². The Morgan fingerprint density at radius 2 is 1.82 bits per heavy atom. The third-order valence-corrected chi connectivity index (χ3v) is 2.78. The maximum atomic E-state index is 10.7. The van der Waals surface area contributed by atoms with Crippen LogP contribution in [0.5, 0.6) is 0 Å². The molecule has 0 amide bonds. The lowest BCUT2D eigenvalue weighted by molar-refractivity contribution is 0.153. The van der Waals surface area contributed by atoms with Crippen LogP contribution in [0.15, 0.2) is 0 Å². The minimum Gasteiger partial charge on any atom is -0.287 e. The van der Waals surface area contributed by atoms with Gasteiger partial charge in [0.05, 0.1) is 6.10 Å². The van der Waals surface area contributed by atoms with Crippen molar-refractivity contribution in [2.45, 2.75) is 38.7 Å². The van der Waals surface area contributed by atoms with Crippen molar-refractivity contribution < 1.29 is 8.39 Å². The van der Waals surface area contributed by atoms with Crippen LogP contribution < -0.4 is 0 Å². The lowest BCUT2D eigenvalue weighted by atomic mass is 9.89. The van der Waals surface area contributed by atoms with Crippen molar-refractivity contribution >= 4 is 11.1 Å². The summed E-state index contributed by atoms with van der Waals surface area (Å²) in [4.78, 5) is 0. The maximum Gasteiger partial charge on any atom is 0.152 e. The summed E-state index contributed by atoms with van der Waals surface area (Å²) in [6.07, 6.45) is 6.47. The Bertz CT molecular complexity index is 139. The molecule has 66 valence electrons. The molecule has 0 aromatic rings. The van der Waals surface area contributed by atoms with Gasteiger partial charge in [0, 0.05) is 6.26 Å². The number of hydrogen-bond donors (Lipinski definition) is 0. The van der Waals surface area contributed by atoms with E-state index in [0.717, 1.165) is 18.8 Å². The van der Waals surface area contributed by atoms with Gasteiger partial charge in [-0.15, -0.1) is 0 Å². The maximum absolute atomic E-state index is 10.7. The highest BCUT2D eigenvalue weighted by Crippen LogP contribution is 2.25. The van der Waals surface area contributed by atoms with E-state index in [9.17, 15) is 4.21 Å². The Hall–Kier alpha value is 0.110. The van der Waals surface area contributed by atoms with Crippen LogP contribution in [0.3, 0.4) is 0 Å². The van der Waals surface area contributed by atoms with Crippen LogP contribution >= 0.6 is 0 Å². The predicted octanol–water partition coefficient (Wildman–Crippen LogP) is 1.88. The van der Waals surface area contributed by atoms with Crippen LogP contribution in [0.25, 0.3) is 0 Å². The first-order valence-electron chi connectivity index (χ1n) is 4.19. The van der Waals surface area contributed by atoms with E-state index in [1.165, 1.54) is 12.8 Å². The highest BCUT2D eigenvalue weighted by atomic mass is 32.2. The molecule has 1 rings (SSSR count). The number of rotatable bonds is 2. The third kappa shape index (κ3) is 3.34. The molecular formula is C8H16O2S. The molecule has 1 aliphatic rings.